The van der Waals surface area contributed by atoms with Crippen LogP contribution in [0.4, 0.5) is 8.78 Å². The molecule has 0 aromatic carbocycles. The lowest BCUT2D eigenvalue weighted by Gasteiger charge is -2.19. The summed E-state index contributed by atoms with van der Waals surface area (Å²) in [5.74, 6) is 3.96. The first kappa shape index (κ1) is 78.2. The second kappa shape index (κ2) is 65.1. The smallest absolute Gasteiger partial charge is 0.273 e. The van der Waals surface area contributed by atoms with Crippen molar-refractivity contribution < 1.29 is 70.4 Å². The van der Waals surface area contributed by atoms with Gasteiger partial charge in [-0.05, 0) is 61.8 Å². The number of hydrogen-bond donors (Lipinski definition) is 0. The Hall–Kier alpha value is -2.95. The van der Waals surface area contributed by atoms with Gasteiger partial charge in [-0.1, -0.05) is 65.5 Å². The number of halogens is 2. The Balaban J connectivity index is -0.000000130. The fourth-order valence-electron chi connectivity index (χ4n) is 3.38. The number of rotatable bonds is 36. The quantitative estimate of drug-likeness (QED) is 0.0256. The van der Waals surface area contributed by atoms with Crippen LogP contribution >= 0.6 is 0 Å². The third-order valence-corrected chi connectivity index (χ3v) is 6.90. The van der Waals surface area contributed by atoms with Crippen LogP contribution < -0.4 is 0 Å². The van der Waals surface area contributed by atoms with Crippen molar-refractivity contribution in [2.24, 2.45) is 11.8 Å². The Bertz CT molecular complexity index is 1110. The topological polar surface area (TPSA) is 128 Å². The van der Waals surface area contributed by atoms with E-state index in [1.54, 1.807) is 13.2 Å². The molecule has 398 valence electrons. The van der Waals surface area contributed by atoms with Crippen LogP contribution in [-0.2, 0) is 61.6 Å². The lowest BCUT2D eigenvalue weighted by atomic mass is 10.1. The number of ketones is 1. The van der Waals surface area contributed by atoms with Gasteiger partial charge in [-0.2, -0.15) is 0 Å². The molecule has 0 saturated carbocycles. The molecular formula is C52H98F2O13. The van der Waals surface area contributed by atoms with E-state index in [0.29, 0.717) is 123 Å². The summed E-state index contributed by atoms with van der Waals surface area (Å²) in [6.07, 6.45) is 20.6. The van der Waals surface area contributed by atoms with Crippen molar-refractivity contribution >= 4 is 5.78 Å². The first-order chi connectivity index (χ1) is 31.3. The third kappa shape index (κ3) is 90.2. The normalized spacial score (nSPS) is 10.3. The van der Waals surface area contributed by atoms with Gasteiger partial charge >= 0.3 is 0 Å². The van der Waals surface area contributed by atoms with E-state index in [9.17, 15) is 13.6 Å². The largest absolute Gasteiger partial charge is 0.499 e. The van der Waals surface area contributed by atoms with Gasteiger partial charge in [0.25, 0.3) is 5.92 Å². The summed E-state index contributed by atoms with van der Waals surface area (Å²) in [5.41, 5.74) is 0. The molecule has 0 aliphatic heterocycles. The number of carbonyl (C=O) groups is 1. The van der Waals surface area contributed by atoms with Crippen LogP contribution in [0.2, 0.25) is 0 Å². The summed E-state index contributed by atoms with van der Waals surface area (Å²) >= 11 is 0. The number of carbonyl (C=O) groups excluding carboxylic acids is 1. The molecule has 0 spiro atoms. The standard InChI is InChI=1S/C12H20O3.C10H16F2O2.C8H16O2.C8H14O2.C7H14O2.C6H14O2.CH4/c1-4-7-14-9-10-15-8-5-6-12(13)11(2)3;1-4-5-13-6-7-14-8-10(11,12)9(2)3;2*1-4-5-9-6-7-10-8(2)3;1-4-8-5-6-9-7(2)3;1-6(2)8-5-4-7-3;/h1,11H,5-10H2,2-3H3;1,9H,5-8H2,2-3H3;4,8H,1,5-7H2,2-3H3;1,8H,5-7H2,2-3H3;4,7H,1,5-6H2,2-3H3;6H,4-5H2,1-3H3;1H4. The zero-order chi connectivity index (χ0) is 51.7. The van der Waals surface area contributed by atoms with Crippen LogP contribution in [0.25, 0.3) is 0 Å². The number of methoxy groups -OCH3 is 1. The molecule has 0 fully saturated rings. The van der Waals surface area contributed by atoms with Gasteiger partial charge in [-0.3, -0.25) is 4.79 Å². The lowest BCUT2D eigenvalue weighted by Crippen LogP contribution is -2.30. The highest BCUT2D eigenvalue weighted by atomic mass is 19.3. The first-order valence-corrected chi connectivity index (χ1v) is 22.7. The number of Topliss-reactive ketones (excluding diaryl/α,β-unsaturated/α-hetero) is 1. The molecule has 0 bridgehead atoms. The van der Waals surface area contributed by atoms with Crippen molar-refractivity contribution in [1.82, 2.24) is 0 Å². The van der Waals surface area contributed by atoms with E-state index >= 15 is 0 Å². The average Bonchev–Trinajstić information content (AvgIpc) is 3.25. The zero-order valence-electron chi connectivity index (χ0n) is 43.5. The summed E-state index contributed by atoms with van der Waals surface area (Å²) in [4.78, 5) is 11.2. The Morgan fingerprint density at radius 1 is 0.552 bits per heavy atom. The van der Waals surface area contributed by atoms with Gasteiger partial charge in [0.2, 0.25) is 0 Å². The van der Waals surface area contributed by atoms with Gasteiger partial charge in [-0.15, -0.1) is 25.8 Å². The Labute approximate surface area is 409 Å². The molecule has 0 aromatic rings. The monoisotopic (exact) mass is 969 g/mol. The number of terminal acetylenes is 3. The number of alkyl halides is 2. The predicted octanol–water partition coefficient (Wildman–Crippen LogP) is 9.54. The summed E-state index contributed by atoms with van der Waals surface area (Å²) in [7, 11) is 1.67. The molecule has 0 heterocycles. The fraction of sp³-hybridized carbons (Fsp3) is 0.788. The summed E-state index contributed by atoms with van der Waals surface area (Å²) < 4.78 is 86.2. The SMILES string of the molecule is C.C#CCOCCOC(C)C.C#CCOCCOCC(F)(F)C(C)C.C#CCOCCOCCCC(=O)C(C)C.C=CCOCCOC(C)C.C=COCCOC(C)C.COCCOC(C)C. The van der Waals surface area contributed by atoms with Crippen molar-refractivity contribution in [3.8, 4) is 37.0 Å². The van der Waals surface area contributed by atoms with Crippen molar-refractivity contribution in [1.29, 1.82) is 0 Å². The van der Waals surface area contributed by atoms with E-state index < -0.39 is 18.4 Å². The van der Waals surface area contributed by atoms with Gasteiger partial charge in [0.15, 0.2) is 0 Å². The van der Waals surface area contributed by atoms with Crippen LogP contribution in [0.3, 0.4) is 0 Å². The van der Waals surface area contributed by atoms with Crippen molar-refractivity contribution in [3.63, 3.8) is 0 Å². The molecule has 0 amide bonds. The number of ether oxygens (including phenoxy) is 12. The minimum atomic E-state index is -2.77. The van der Waals surface area contributed by atoms with Crippen LogP contribution in [0.1, 0.15) is 103 Å². The molecule has 0 aliphatic rings. The highest BCUT2D eigenvalue weighted by Crippen LogP contribution is 2.23. The van der Waals surface area contributed by atoms with Crippen LogP contribution in [0.5, 0.6) is 0 Å². The van der Waals surface area contributed by atoms with Gasteiger partial charge < -0.3 is 56.8 Å². The van der Waals surface area contributed by atoms with Crippen molar-refractivity contribution in [3.05, 3.63) is 25.5 Å². The molecule has 0 atom stereocenters. The molecule has 0 aromatic heterocycles. The van der Waals surface area contributed by atoms with E-state index in [2.05, 4.69) is 30.9 Å². The Morgan fingerprint density at radius 2 is 0.925 bits per heavy atom. The molecule has 0 unspecified atom stereocenters. The maximum atomic E-state index is 12.9. The maximum absolute atomic E-state index is 12.9. The van der Waals surface area contributed by atoms with Crippen LogP contribution in [0.15, 0.2) is 25.5 Å². The molecular weight excluding hydrogens is 871 g/mol. The van der Waals surface area contributed by atoms with Gasteiger partial charge in [0.1, 0.15) is 38.8 Å². The third-order valence-electron chi connectivity index (χ3n) is 6.90. The van der Waals surface area contributed by atoms with Gasteiger partial charge in [-0.25, -0.2) is 8.78 Å². The molecule has 13 nitrogen and oxygen atoms in total. The first-order valence-electron chi connectivity index (χ1n) is 22.7. The van der Waals surface area contributed by atoms with Gasteiger partial charge in [0, 0.05) is 32.0 Å². The number of hydrogen-bond acceptors (Lipinski definition) is 13. The van der Waals surface area contributed by atoms with Gasteiger partial charge in [0.05, 0.1) is 110 Å². The lowest BCUT2D eigenvalue weighted by molar-refractivity contribution is -0.122. The van der Waals surface area contributed by atoms with Crippen molar-refractivity contribution in [2.75, 3.05) is 126 Å². The van der Waals surface area contributed by atoms with E-state index in [4.69, 9.17) is 76.1 Å². The Kier molecular flexibility index (Phi) is 76.1. The molecule has 0 radical (unpaired) electrons. The van der Waals surface area contributed by atoms with E-state index in [1.807, 2.05) is 69.2 Å². The molecule has 0 aliphatic carbocycles. The summed E-state index contributed by atoms with van der Waals surface area (Å²) in [6.45, 7) is 37.8. The molecule has 0 saturated heterocycles. The van der Waals surface area contributed by atoms with Crippen LogP contribution in [-0.4, -0.2) is 162 Å². The second-order valence-corrected chi connectivity index (χ2v) is 15.1. The van der Waals surface area contributed by atoms with E-state index in [0.717, 1.165) is 6.42 Å². The fourth-order valence-corrected chi connectivity index (χ4v) is 3.38. The Morgan fingerprint density at radius 3 is 1.28 bits per heavy atom. The molecule has 15 heteroatoms. The van der Waals surface area contributed by atoms with Crippen molar-refractivity contribution in [2.45, 2.75) is 134 Å². The van der Waals surface area contributed by atoms with Crippen LogP contribution in [0, 0.1) is 48.9 Å². The maximum Gasteiger partial charge on any atom is 0.273 e. The highest BCUT2D eigenvalue weighted by molar-refractivity contribution is 5.80. The molecule has 0 rings (SSSR count). The molecule has 0 N–H and O–H groups in total. The van der Waals surface area contributed by atoms with E-state index in [-0.39, 0.29) is 39.3 Å². The summed E-state index contributed by atoms with van der Waals surface area (Å²) in [6, 6.07) is 0. The average molecular weight is 969 g/mol. The minimum Gasteiger partial charge on any atom is -0.499 e. The second-order valence-electron chi connectivity index (χ2n) is 15.1. The minimum absolute atomic E-state index is 0. The van der Waals surface area contributed by atoms with E-state index in [1.165, 1.54) is 20.1 Å². The predicted molar refractivity (Wildman–Crippen MR) is 270 cm³/mol. The zero-order valence-corrected chi connectivity index (χ0v) is 43.5. The highest BCUT2D eigenvalue weighted by Gasteiger charge is 2.33. The summed E-state index contributed by atoms with van der Waals surface area (Å²) in [5, 5.41) is 0. The molecule has 67 heavy (non-hydrogen) atoms.